The lowest BCUT2D eigenvalue weighted by Crippen LogP contribution is -2.31. The third-order valence-electron chi connectivity index (χ3n) is 4.03. The number of thiophene rings is 1. The first-order chi connectivity index (χ1) is 9.49. The molecular formula is C15H21NO3S. The van der Waals surface area contributed by atoms with Crippen LogP contribution in [0.4, 0.5) is 0 Å². The molecule has 1 aromatic rings. The van der Waals surface area contributed by atoms with Crippen LogP contribution in [0.1, 0.15) is 52.5 Å². The number of rotatable bonds is 3. The first-order valence-corrected chi connectivity index (χ1v) is 7.93. The van der Waals surface area contributed by atoms with Crippen LogP contribution in [-0.2, 0) is 0 Å². The van der Waals surface area contributed by atoms with E-state index in [9.17, 15) is 9.59 Å². The number of carbonyl (C=O) groups excluding carboxylic acids is 1. The van der Waals surface area contributed by atoms with Gasteiger partial charge in [-0.3, -0.25) is 4.79 Å². The van der Waals surface area contributed by atoms with Crippen LogP contribution in [0.15, 0.2) is 12.1 Å². The Morgan fingerprint density at radius 2 is 1.95 bits per heavy atom. The molecule has 1 N–H and O–H groups in total. The number of carbonyl (C=O) groups is 2. The molecule has 0 aliphatic carbocycles. The van der Waals surface area contributed by atoms with E-state index in [1.54, 1.807) is 6.07 Å². The Labute approximate surface area is 123 Å². The monoisotopic (exact) mass is 295 g/mol. The van der Waals surface area contributed by atoms with Crippen molar-refractivity contribution in [2.24, 2.45) is 11.8 Å². The predicted octanol–water partition coefficient (Wildman–Crippen LogP) is 3.34. The molecule has 4 nitrogen and oxygen atoms in total. The van der Waals surface area contributed by atoms with E-state index < -0.39 is 5.97 Å². The van der Waals surface area contributed by atoms with Gasteiger partial charge in [-0.1, -0.05) is 13.8 Å². The second kappa shape index (κ2) is 6.39. The van der Waals surface area contributed by atoms with Gasteiger partial charge < -0.3 is 10.0 Å². The van der Waals surface area contributed by atoms with Gasteiger partial charge in [-0.25, -0.2) is 4.79 Å². The summed E-state index contributed by atoms with van der Waals surface area (Å²) in [7, 11) is 0. The fourth-order valence-electron chi connectivity index (χ4n) is 2.72. The van der Waals surface area contributed by atoms with Crippen LogP contribution in [0, 0.1) is 11.8 Å². The van der Waals surface area contributed by atoms with Gasteiger partial charge in [0.25, 0.3) is 5.91 Å². The molecule has 1 aliphatic rings. The summed E-state index contributed by atoms with van der Waals surface area (Å²) in [6, 6.07) is 3.14. The largest absolute Gasteiger partial charge is 0.477 e. The molecular weight excluding hydrogens is 274 g/mol. The van der Waals surface area contributed by atoms with Crippen molar-refractivity contribution in [2.75, 3.05) is 13.1 Å². The van der Waals surface area contributed by atoms with Crippen LogP contribution in [0.2, 0.25) is 0 Å². The zero-order valence-electron chi connectivity index (χ0n) is 12.0. The number of hydrogen-bond acceptors (Lipinski definition) is 3. The van der Waals surface area contributed by atoms with Gasteiger partial charge in [-0.2, -0.15) is 0 Å². The van der Waals surface area contributed by atoms with Gasteiger partial charge in [0.1, 0.15) is 4.88 Å². The standard InChI is InChI=1S/C15H21NO3S/c1-10(2)11-4-3-8-16(9-7-11)14(17)12-5-6-13(20-12)15(18)19/h5-6,10-11H,3-4,7-9H2,1-2H3,(H,18,19). The minimum absolute atomic E-state index is 0.0214. The molecule has 0 saturated carbocycles. The van der Waals surface area contributed by atoms with Gasteiger partial charge in [-0.15, -0.1) is 11.3 Å². The number of nitrogens with zero attached hydrogens (tertiary/aromatic N) is 1. The molecule has 1 atom stereocenters. The Morgan fingerprint density at radius 3 is 2.55 bits per heavy atom. The molecule has 1 amide bonds. The summed E-state index contributed by atoms with van der Waals surface area (Å²) in [5, 5.41) is 8.92. The lowest BCUT2D eigenvalue weighted by molar-refractivity contribution is 0.0701. The van der Waals surface area contributed by atoms with E-state index in [4.69, 9.17) is 5.11 Å². The molecule has 5 heteroatoms. The van der Waals surface area contributed by atoms with Crippen LogP contribution in [0.5, 0.6) is 0 Å². The van der Waals surface area contributed by atoms with E-state index in [-0.39, 0.29) is 10.8 Å². The maximum Gasteiger partial charge on any atom is 0.345 e. The minimum Gasteiger partial charge on any atom is -0.477 e. The lowest BCUT2D eigenvalue weighted by Gasteiger charge is -2.21. The highest BCUT2D eigenvalue weighted by molar-refractivity contribution is 7.15. The summed E-state index contributed by atoms with van der Waals surface area (Å²) < 4.78 is 0. The smallest absolute Gasteiger partial charge is 0.345 e. The van der Waals surface area contributed by atoms with Crippen LogP contribution < -0.4 is 0 Å². The zero-order chi connectivity index (χ0) is 14.7. The highest BCUT2D eigenvalue weighted by Crippen LogP contribution is 2.26. The SMILES string of the molecule is CC(C)C1CCCN(C(=O)c2ccc(C(=O)O)s2)CC1. The van der Waals surface area contributed by atoms with E-state index >= 15 is 0 Å². The average molecular weight is 295 g/mol. The Hall–Kier alpha value is -1.36. The normalized spacial score (nSPS) is 19.9. The molecule has 2 heterocycles. The molecule has 0 aromatic carbocycles. The van der Waals surface area contributed by atoms with Crippen molar-refractivity contribution < 1.29 is 14.7 Å². The quantitative estimate of drug-likeness (QED) is 0.930. The fourth-order valence-corrected chi connectivity index (χ4v) is 3.53. The maximum atomic E-state index is 12.4. The molecule has 1 aliphatic heterocycles. The summed E-state index contributed by atoms with van der Waals surface area (Å²) in [6.45, 7) is 6.03. The highest BCUT2D eigenvalue weighted by atomic mass is 32.1. The number of aromatic carboxylic acids is 1. The van der Waals surface area contributed by atoms with Crippen LogP contribution >= 0.6 is 11.3 Å². The van der Waals surface area contributed by atoms with Gasteiger partial charge in [0, 0.05) is 13.1 Å². The topological polar surface area (TPSA) is 57.6 Å². The van der Waals surface area contributed by atoms with Gasteiger partial charge in [0.15, 0.2) is 0 Å². The number of likely N-dealkylation sites (tertiary alicyclic amines) is 1. The molecule has 0 radical (unpaired) electrons. The summed E-state index contributed by atoms with van der Waals surface area (Å²) in [5.41, 5.74) is 0. The maximum absolute atomic E-state index is 12.4. The van der Waals surface area contributed by atoms with Gasteiger partial charge >= 0.3 is 5.97 Å². The summed E-state index contributed by atoms with van der Waals surface area (Å²) in [6.07, 6.45) is 3.25. The zero-order valence-corrected chi connectivity index (χ0v) is 12.8. The van der Waals surface area contributed by atoms with Crippen molar-refractivity contribution >= 4 is 23.2 Å². The molecule has 1 aromatic heterocycles. The number of amides is 1. The van der Waals surface area contributed by atoms with E-state index in [0.717, 1.165) is 37.3 Å². The van der Waals surface area contributed by atoms with Crippen molar-refractivity contribution in [1.29, 1.82) is 0 Å². The number of carboxylic acids is 1. The van der Waals surface area contributed by atoms with Crippen LogP contribution in [0.3, 0.4) is 0 Å². The molecule has 110 valence electrons. The molecule has 2 rings (SSSR count). The van der Waals surface area contributed by atoms with Crippen molar-refractivity contribution in [3.05, 3.63) is 21.9 Å². The van der Waals surface area contributed by atoms with Crippen LogP contribution in [0.25, 0.3) is 0 Å². The highest BCUT2D eigenvalue weighted by Gasteiger charge is 2.24. The molecule has 20 heavy (non-hydrogen) atoms. The third kappa shape index (κ3) is 3.39. The molecule has 0 spiro atoms. The number of hydrogen-bond donors (Lipinski definition) is 1. The van der Waals surface area contributed by atoms with E-state index in [2.05, 4.69) is 13.8 Å². The molecule has 1 unspecified atom stereocenters. The first-order valence-electron chi connectivity index (χ1n) is 7.11. The van der Waals surface area contributed by atoms with Gasteiger partial charge in [0.2, 0.25) is 0 Å². The van der Waals surface area contributed by atoms with Crippen LogP contribution in [-0.4, -0.2) is 35.0 Å². The van der Waals surface area contributed by atoms with E-state index in [1.807, 2.05) is 4.90 Å². The van der Waals surface area contributed by atoms with E-state index in [1.165, 1.54) is 12.5 Å². The summed E-state index contributed by atoms with van der Waals surface area (Å²) in [5.74, 6) is 0.354. The third-order valence-corrected chi connectivity index (χ3v) is 5.09. The second-order valence-electron chi connectivity index (χ2n) is 5.70. The second-order valence-corrected chi connectivity index (χ2v) is 6.78. The predicted molar refractivity (Wildman–Crippen MR) is 79.4 cm³/mol. The fraction of sp³-hybridized carbons (Fsp3) is 0.600. The van der Waals surface area contributed by atoms with Gasteiger partial charge in [0.05, 0.1) is 4.88 Å². The Kier molecular flexibility index (Phi) is 4.81. The summed E-state index contributed by atoms with van der Waals surface area (Å²) in [4.78, 5) is 25.9. The minimum atomic E-state index is -0.968. The van der Waals surface area contributed by atoms with Crippen molar-refractivity contribution in [2.45, 2.75) is 33.1 Å². The van der Waals surface area contributed by atoms with Crippen molar-refractivity contribution in [1.82, 2.24) is 4.90 Å². The Bertz CT molecular complexity index is 495. The lowest BCUT2D eigenvalue weighted by atomic mass is 9.89. The first kappa shape index (κ1) is 15.0. The Morgan fingerprint density at radius 1 is 1.25 bits per heavy atom. The van der Waals surface area contributed by atoms with Crippen molar-refractivity contribution in [3.8, 4) is 0 Å². The molecule has 1 fully saturated rings. The molecule has 1 saturated heterocycles. The van der Waals surface area contributed by atoms with Crippen molar-refractivity contribution in [3.63, 3.8) is 0 Å². The summed E-state index contributed by atoms with van der Waals surface area (Å²) >= 11 is 1.07. The van der Waals surface area contributed by atoms with Gasteiger partial charge in [-0.05, 0) is 43.2 Å². The number of carboxylic acid groups (broad SMARTS) is 1. The Balaban J connectivity index is 2.03. The average Bonchev–Trinajstić information content (AvgIpc) is 2.76. The van der Waals surface area contributed by atoms with E-state index in [0.29, 0.717) is 16.7 Å². The molecule has 0 bridgehead atoms.